The topological polar surface area (TPSA) is 63.6 Å². The lowest BCUT2D eigenvalue weighted by Crippen LogP contribution is -2.59. The monoisotopic (exact) mass is 481 g/mol. The van der Waals surface area contributed by atoms with E-state index in [1.807, 2.05) is 6.92 Å². The van der Waals surface area contributed by atoms with Crippen molar-refractivity contribution < 1.29 is 31.9 Å². The zero-order valence-electron chi connectivity index (χ0n) is 19.2. The summed E-state index contributed by atoms with van der Waals surface area (Å²) in [6.07, 6.45) is -4.25. The number of rotatable bonds is 4. The largest absolute Gasteiger partial charge is 0.488 e. The first-order valence-electron chi connectivity index (χ1n) is 11.3. The molecule has 1 N–H and O–H groups in total. The maximum atomic E-state index is 14.4. The van der Waals surface area contributed by atoms with Gasteiger partial charge in [0.2, 0.25) is 0 Å². The summed E-state index contributed by atoms with van der Waals surface area (Å²) in [5.41, 5.74) is -0.200. The van der Waals surface area contributed by atoms with Gasteiger partial charge in [0.1, 0.15) is 0 Å². The van der Waals surface area contributed by atoms with Gasteiger partial charge in [-0.3, -0.25) is 9.59 Å². The van der Waals surface area contributed by atoms with E-state index in [4.69, 9.17) is 4.74 Å². The lowest BCUT2D eigenvalue weighted by molar-refractivity contribution is -0.0891. The van der Waals surface area contributed by atoms with Crippen LogP contribution in [0.1, 0.15) is 60.2 Å². The van der Waals surface area contributed by atoms with Crippen LogP contribution in [0.3, 0.4) is 0 Å². The number of alkyl halides is 3. The fraction of sp³-hybridized carbons (Fsp3) is 0.500. The summed E-state index contributed by atoms with van der Waals surface area (Å²) in [6.45, 7) is 6.32. The second kappa shape index (κ2) is 8.72. The Morgan fingerprint density at radius 3 is 2.41 bits per heavy atom. The van der Waals surface area contributed by atoms with Gasteiger partial charge >= 0.3 is 6.18 Å². The number of Topliss-reactive ketones (excluding diaryl/α,β-unsaturated/α-hetero) is 1. The lowest BCUT2D eigenvalue weighted by Gasteiger charge is -2.47. The summed E-state index contributed by atoms with van der Waals surface area (Å²) in [5.74, 6) is -2.72. The van der Waals surface area contributed by atoms with Crippen molar-refractivity contribution in [1.29, 1.82) is 0 Å². The van der Waals surface area contributed by atoms with Crippen LogP contribution in [0.15, 0.2) is 30.3 Å². The average molecular weight is 481 g/mol. The Kier molecular flexibility index (Phi) is 6.22. The van der Waals surface area contributed by atoms with Crippen LogP contribution in [0.2, 0.25) is 0 Å². The fourth-order valence-corrected chi connectivity index (χ4v) is 4.95. The molecule has 0 radical (unpaired) electrons. The van der Waals surface area contributed by atoms with Gasteiger partial charge in [0.25, 0.3) is 11.7 Å². The SMILES string of the molecule is CC(C)Oc1ccc(C(=O)N2CCC3(CC2)N[C@@H](C)Cn2c(C(=O)C(F)(F)F)ccc23)cc1F. The normalized spacial score (nSPS) is 19.9. The van der Waals surface area contributed by atoms with Gasteiger partial charge in [0.05, 0.1) is 17.3 Å². The van der Waals surface area contributed by atoms with Crippen LogP contribution in [0.25, 0.3) is 0 Å². The third kappa shape index (κ3) is 4.43. The highest BCUT2D eigenvalue weighted by Crippen LogP contribution is 2.39. The van der Waals surface area contributed by atoms with Crippen LogP contribution in [0.4, 0.5) is 17.6 Å². The average Bonchev–Trinajstić information content (AvgIpc) is 3.18. The van der Waals surface area contributed by atoms with Gasteiger partial charge in [0.15, 0.2) is 11.6 Å². The Morgan fingerprint density at radius 2 is 1.82 bits per heavy atom. The van der Waals surface area contributed by atoms with Gasteiger partial charge in [-0.25, -0.2) is 4.39 Å². The molecule has 0 unspecified atom stereocenters. The number of likely N-dealkylation sites (tertiary alicyclic amines) is 1. The van der Waals surface area contributed by atoms with Crippen LogP contribution in [0.5, 0.6) is 5.75 Å². The van der Waals surface area contributed by atoms with Crippen molar-refractivity contribution in [2.75, 3.05) is 13.1 Å². The molecular formula is C24H27F4N3O3. The number of carbonyl (C=O) groups excluding carboxylic acids is 2. The Balaban J connectivity index is 1.53. The third-order valence-corrected chi connectivity index (χ3v) is 6.39. The number of ether oxygens (including phenoxy) is 1. The number of fused-ring (bicyclic) bond motifs is 2. The summed E-state index contributed by atoms with van der Waals surface area (Å²) < 4.78 is 60.4. The molecular weight excluding hydrogens is 454 g/mol. The smallest absolute Gasteiger partial charge is 0.456 e. The van der Waals surface area contributed by atoms with Crippen LogP contribution in [-0.4, -0.2) is 52.6 Å². The van der Waals surface area contributed by atoms with E-state index >= 15 is 0 Å². The number of nitrogens with zero attached hydrogens (tertiary/aromatic N) is 2. The molecule has 1 spiro atoms. The maximum absolute atomic E-state index is 14.4. The van der Waals surface area contributed by atoms with Crippen LogP contribution in [0, 0.1) is 5.82 Å². The van der Waals surface area contributed by atoms with E-state index in [2.05, 4.69) is 5.32 Å². The van der Waals surface area contributed by atoms with Crippen molar-refractivity contribution in [3.8, 4) is 5.75 Å². The molecule has 0 bridgehead atoms. The highest BCUT2D eigenvalue weighted by atomic mass is 19.4. The van der Waals surface area contributed by atoms with Gasteiger partial charge < -0.3 is 19.5 Å². The number of hydrogen-bond donors (Lipinski definition) is 1. The van der Waals surface area contributed by atoms with E-state index in [-0.39, 0.29) is 41.6 Å². The van der Waals surface area contributed by atoms with Crippen molar-refractivity contribution >= 4 is 11.7 Å². The predicted octanol–water partition coefficient (Wildman–Crippen LogP) is 4.28. The molecule has 4 rings (SSSR count). The molecule has 2 aliphatic rings. The minimum atomic E-state index is -4.95. The summed E-state index contributed by atoms with van der Waals surface area (Å²) in [7, 11) is 0. The molecule has 2 aliphatic heterocycles. The molecule has 1 fully saturated rings. The molecule has 6 nitrogen and oxygen atoms in total. The van der Waals surface area contributed by atoms with E-state index in [0.717, 1.165) is 6.07 Å². The number of amides is 1. The highest BCUT2D eigenvalue weighted by molar-refractivity contribution is 5.99. The molecule has 184 valence electrons. The van der Waals surface area contributed by atoms with Crippen molar-refractivity contribution in [3.63, 3.8) is 0 Å². The summed E-state index contributed by atoms with van der Waals surface area (Å²) in [5, 5.41) is 3.48. The number of benzene rings is 1. The molecule has 2 aromatic rings. The molecule has 0 aliphatic carbocycles. The number of halogens is 4. The fourth-order valence-electron chi connectivity index (χ4n) is 4.95. The molecule has 0 saturated carbocycles. The predicted molar refractivity (Wildman–Crippen MR) is 116 cm³/mol. The molecule has 1 aromatic heterocycles. The number of ketones is 1. The van der Waals surface area contributed by atoms with Gasteiger partial charge in [-0.05, 0) is 63.9 Å². The Labute approximate surface area is 194 Å². The molecule has 1 saturated heterocycles. The van der Waals surface area contributed by atoms with Crippen molar-refractivity contribution in [3.05, 3.63) is 53.1 Å². The number of hydrogen-bond acceptors (Lipinski definition) is 4. The number of piperidine rings is 1. The molecule has 1 amide bonds. The van der Waals surface area contributed by atoms with Crippen LogP contribution in [-0.2, 0) is 12.1 Å². The van der Waals surface area contributed by atoms with Gasteiger partial charge in [-0.1, -0.05) is 0 Å². The number of carbonyl (C=O) groups is 2. The zero-order chi connectivity index (χ0) is 24.8. The van der Waals surface area contributed by atoms with E-state index in [0.29, 0.717) is 31.6 Å². The van der Waals surface area contributed by atoms with Gasteiger partial charge in [-0.15, -0.1) is 0 Å². The first-order chi connectivity index (χ1) is 15.9. The van der Waals surface area contributed by atoms with Crippen molar-refractivity contribution in [2.24, 2.45) is 0 Å². The minimum absolute atomic E-state index is 0.0783. The second-order valence-electron chi connectivity index (χ2n) is 9.27. The maximum Gasteiger partial charge on any atom is 0.456 e. The Hall–Kier alpha value is -2.88. The van der Waals surface area contributed by atoms with E-state index < -0.39 is 23.3 Å². The molecule has 10 heteroatoms. The second-order valence-corrected chi connectivity index (χ2v) is 9.27. The summed E-state index contributed by atoms with van der Waals surface area (Å²) in [6, 6.07) is 6.75. The minimum Gasteiger partial charge on any atom is -0.488 e. The van der Waals surface area contributed by atoms with E-state index in [1.54, 1.807) is 24.8 Å². The highest BCUT2D eigenvalue weighted by Gasteiger charge is 2.47. The molecule has 3 heterocycles. The summed E-state index contributed by atoms with van der Waals surface area (Å²) in [4.78, 5) is 26.5. The van der Waals surface area contributed by atoms with Crippen molar-refractivity contribution in [1.82, 2.24) is 14.8 Å². The Morgan fingerprint density at radius 1 is 1.15 bits per heavy atom. The summed E-state index contributed by atoms with van der Waals surface area (Å²) >= 11 is 0. The van der Waals surface area contributed by atoms with Gasteiger partial charge in [-0.2, -0.15) is 13.2 Å². The molecule has 1 aromatic carbocycles. The van der Waals surface area contributed by atoms with Crippen molar-refractivity contribution in [2.45, 2.75) is 64.0 Å². The third-order valence-electron chi connectivity index (χ3n) is 6.39. The van der Waals surface area contributed by atoms with E-state index in [9.17, 15) is 27.2 Å². The number of aromatic nitrogens is 1. The van der Waals surface area contributed by atoms with Crippen LogP contribution < -0.4 is 10.1 Å². The number of nitrogens with one attached hydrogen (secondary N) is 1. The van der Waals surface area contributed by atoms with Crippen LogP contribution >= 0.6 is 0 Å². The Bertz CT molecular complexity index is 1100. The standard InChI is InChI=1S/C24H27F4N3O3/c1-14(2)34-19-6-4-16(12-17(19)25)22(33)30-10-8-23(9-11-30)20-7-5-18(21(32)24(26,27)28)31(20)13-15(3)29-23/h4-7,12,14-15,29H,8-11,13H2,1-3H3/t15-/m0/s1. The molecule has 34 heavy (non-hydrogen) atoms. The first kappa shape index (κ1) is 24.3. The van der Waals surface area contributed by atoms with Gasteiger partial charge in [0, 0.05) is 36.9 Å². The molecule has 1 atom stereocenters. The van der Waals surface area contributed by atoms with E-state index in [1.165, 1.54) is 22.8 Å². The first-order valence-corrected chi connectivity index (χ1v) is 11.3. The quantitative estimate of drug-likeness (QED) is 0.523. The lowest BCUT2D eigenvalue weighted by atomic mass is 9.82. The zero-order valence-corrected chi connectivity index (χ0v) is 19.2.